The Labute approximate surface area is 57.5 Å². The van der Waals surface area contributed by atoms with E-state index in [2.05, 4.69) is 15.9 Å². The molecule has 2 nitrogen and oxygen atoms in total. The van der Waals surface area contributed by atoms with Crippen molar-refractivity contribution in [1.82, 2.24) is 5.32 Å². The Balaban J connectivity index is 3.60. The standard InChI is InChI=1S/C3H3BrF3NO/c4-1-2(9)8-3(5,6)7/h1H2,(H,8,9). The third-order valence-corrected chi connectivity index (χ3v) is 0.912. The van der Waals surface area contributed by atoms with Crippen LogP contribution < -0.4 is 5.32 Å². The third kappa shape index (κ3) is 5.61. The van der Waals surface area contributed by atoms with Crippen LogP contribution in [0.3, 0.4) is 0 Å². The first-order valence-corrected chi connectivity index (χ1v) is 3.01. The van der Waals surface area contributed by atoms with E-state index in [4.69, 9.17) is 0 Å². The number of hydrogen-bond acceptors (Lipinski definition) is 1. The van der Waals surface area contributed by atoms with Crippen LogP contribution in [0, 0.1) is 0 Å². The molecule has 0 aliphatic rings. The van der Waals surface area contributed by atoms with Crippen molar-refractivity contribution >= 4 is 21.8 Å². The second kappa shape index (κ2) is 3.05. The van der Waals surface area contributed by atoms with Crippen molar-refractivity contribution in [3.8, 4) is 0 Å². The van der Waals surface area contributed by atoms with Crippen molar-refractivity contribution in [3.05, 3.63) is 0 Å². The molecule has 0 heterocycles. The molecule has 0 aromatic heterocycles. The van der Waals surface area contributed by atoms with Crippen molar-refractivity contribution in [3.63, 3.8) is 0 Å². The van der Waals surface area contributed by atoms with Crippen LogP contribution >= 0.6 is 15.9 Å². The summed E-state index contributed by atoms with van der Waals surface area (Å²) < 4.78 is 33.4. The van der Waals surface area contributed by atoms with E-state index in [0.29, 0.717) is 0 Å². The van der Waals surface area contributed by atoms with E-state index in [-0.39, 0.29) is 5.33 Å². The molecular formula is C3H3BrF3NO. The van der Waals surface area contributed by atoms with Crippen LogP contribution in [0.2, 0.25) is 0 Å². The number of carbonyl (C=O) groups excluding carboxylic acids is 1. The lowest BCUT2D eigenvalue weighted by Gasteiger charge is -2.04. The zero-order valence-electron chi connectivity index (χ0n) is 4.13. The number of hydrogen-bond donors (Lipinski definition) is 1. The van der Waals surface area contributed by atoms with Gasteiger partial charge in [-0.1, -0.05) is 15.9 Å². The van der Waals surface area contributed by atoms with Gasteiger partial charge in [-0.15, -0.1) is 0 Å². The van der Waals surface area contributed by atoms with Gasteiger partial charge in [0.25, 0.3) is 0 Å². The second-order valence-electron chi connectivity index (χ2n) is 1.18. The van der Waals surface area contributed by atoms with Gasteiger partial charge in [0.1, 0.15) is 0 Å². The topological polar surface area (TPSA) is 29.1 Å². The van der Waals surface area contributed by atoms with E-state index in [1.165, 1.54) is 0 Å². The van der Waals surface area contributed by atoms with E-state index in [1.807, 2.05) is 0 Å². The molecule has 1 N–H and O–H groups in total. The summed E-state index contributed by atoms with van der Waals surface area (Å²) in [5, 5.41) is 0.442. The number of alkyl halides is 4. The maximum Gasteiger partial charge on any atom is 0.484 e. The fourth-order valence-corrected chi connectivity index (χ4v) is 0.332. The zero-order valence-corrected chi connectivity index (χ0v) is 5.71. The first kappa shape index (κ1) is 8.74. The molecular weight excluding hydrogens is 203 g/mol. The van der Waals surface area contributed by atoms with Crippen molar-refractivity contribution in [2.24, 2.45) is 0 Å². The summed E-state index contributed by atoms with van der Waals surface area (Å²) in [7, 11) is 0. The quantitative estimate of drug-likeness (QED) is 0.503. The van der Waals surface area contributed by atoms with E-state index in [1.54, 1.807) is 0 Å². The maximum absolute atomic E-state index is 11.1. The van der Waals surface area contributed by atoms with Gasteiger partial charge in [-0.3, -0.25) is 10.1 Å². The third-order valence-electron chi connectivity index (χ3n) is 0.403. The summed E-state index contributed by atoms with van der Waals surface area (Å²) in [4.78, 5) is 9.95. The molecule has 0 aromatic carbocycles. The predicted molar refractivity (Wildman–Crippen MR) is 28.0 cm³/mol. The highest BCUT2D eigenvalue weighted by molar-refractivity contribution is 9.09. The fraction of sp³-hybridized carbons (Fsp3) is 0.667. The van der Waals surface area contributed by atoms with Gasteiger partial charge in [-0.2, -0.15) is 13.2 Å². The van der Waals surface area contributed by atoms with Gasteiger partial charge in [0.05, 0.1) is 5.33 Å². The Bertz CT molecular complexity index is 112. The highest BCUT2D eigenvalue weighted by Crippen LogP contribution is 2.08. The molecule has 0 aliphatic heterocycles. The van der Waals surface area contributed by atoms with E-state index in [0.717, 1.165) is 5.32 Å². The fourth-order valence-electron chi connectivity index (χ4n) is 0.191. The Kier molecular flexibility index (Phi) is 2.96. The van der Waals surface area contributed by atoms with Gasteiger partial charge < -0.3 is 0 Å². The van der Waals surface area contributed by atoms with Gasteiger partial charge in [0.2, 0.25) is 5.91 Å². The molecule has 1 amide bonds. The Morgan fingerprint density at radius 2 is 2.00 bits per heavy atom. The summed E-state index contributed by atoms with van der Waals surface area (Å²) in [6.07, 6.45) is -4.61. The summed E-state index contributed by atoms with van der Waals surface area (Å²) in [6.45, 7) is 0. The van der Waals surface area contributed by atoms with E-state index < -0.39 is 12.2 Å². The average Bonchev–Trinajstić information content (AvgIpc) is 1.62. The Morgan fingerprint density at radius 3 is 2.11 bits per heavy atom. The summed E-state index contributed by atoms with van der Waals surface area (Å²) in [5.74, 6) is -1.09. The zero-order chi connectivity index (χ0) is 7.49. The van der Waals surface area contributed by atoms with Crippen molar-refractivity contribution in [2.75, 3.05) is 5.33 Å². The van der Waals surface area contributed by atoms with Gasteiger partial charge in [0, 0.05) is 0 Å². The molecule has 0 fully saturated rings. The normalized spacial score (nSPS) is 11.1. The van der Waals surface area contributed by atoms with Gasteiger partial charge in [-0.05, 0) is 0 Å². The minimum atomic E-state index is -4.61. The average molecular weight is 206 g/mol. The number of carbonyl (C=O) groups is 1. The van der Waals surface area contributed by atoms with Crippen LogP contribution in [-0.2, 0) is 4.79 Å². The Hall–Kier alpha value is -0.260. The van der Waals surface area contributed by atoms with Crippen LogP contribution in [-0.4, -0.2) is 17.5 Å². The first-order chi connectivity index (χ1) is 3.95. The van der Waals surface area contributed by atoms with E-state index >= 15 is 0 Å². The lowest BCUT2D eigenvalue weighted by Crippen LogP contribution is -2.37. The molecule has 6 heteroatoms. The lowest BCUT2D eigenvalue weighted by molar-refractivity contribution is -0.167. The van der Waals surface area contributed by atoms with Crippen molar-refractivity contribution < 1.29 is 18.0 Å². The van der Waals surface area contributed by atoms with Gasteiger partial charge in [-0.25, -0.2) is 0 Å². The van der Waals surface area contributed by atoms with Crippen LogP contribution in [0.4, 0.5) is 13.2 Å². The second-order valence-corrected chi connectivity index (χ2v) is 1.74. The number of rotatable bonds is 1. The molecule has 0 rings (SSSR count). The lowest BCUT2D eigenvalue weighted by atomic mass is 10.7. The monoisotopic (exact) mass is 205 g/mol. The number of halogens is 4. The highest BCUT2D eigenvalue weighted by Gasteiger charge is 2.29. The van der Waals surface area contributed by atoms with Gasteiger partial charge in [0.15, 0.2) is 0 Å². The molecule has 9 heavy (non-hydrogen) atoms. The van der Waals surface area contributed by atoms with E-state index in [9.17, 15) is 18.0 Å². The first-order valence-electron chi connectivity index (χ1n) is 1.89. The molecule has 0 atom stereocenters. The highest BCUT2D eigenvalue weighted by atomic mass is 79.9. The molecule has 0 aromatic rings. The number of nitrogens with one attached hydrogen (secondary N) is 1. The maximum atomic E-state index is 11.1. The van der Waals surface area contributed by atoms with Gasteiger partial charge >= 0.3 is 6.30 Å². The molecule has 0 bridgehead atoms. The summed E-state index contributed by atoms with van der Waals surface area (Å²) in [5.41, 5.74) is 0. The molecule has 0 saturated heterocycles. The van der Waals surface area contributed by atoms with Crippen LogP contribution in [0.1, 0.15) is 0 Å². The Morgan fingerprint density at radius 1 is 1.56 bits per heavy atom. The molecule has 54 valence electrons. The smallest absolute Gasteiger partial charge is 0.274 e. The summed E-state index contributed by atoms with van der Waals surface area (Å²) >= 11 is 2.56. The van der Waals surface area contributed by atoms with Crippen molar-refractivity contribution in [1.29, 1.82) is 0 Å². The number of amides is 1. The molecule has 0 aliphatic carbocycles. The minimum Gasteiger partial charge on any atom is -0.274 e. The molecule has 0 unspecified atom stereocenters. The minimum absolute atomic E-state index is 0.341. The van der Waals surface area contributed by atoms with Crippen LogP contribution in [0.5, 0.6) is 0 Å². The van der Waals surface area contributed by atoms with Crippen LogP contribution in [0.15, 0.2) is 0 Å². The molecule has 0 radical (unpaired) electrons. The van der Waals surface area contributed by atoms with Crippen LogP contribution in [0.25, 0.3) is 0 Å². The van der Waals surface area contributed by atoms with Crippen molar-refractivity contribution in [2.45, 2.75) is 6.30 Å². The summed E-state index contributed by atoms with van der Waals surface area (Å²) in [6, 6.07) is 0. The molecule has 0 spiro atoms. The molecule has 0 saturated carbocycles. The largest absolute Gasteiger partial charge is 0.484 e. The SMILES string of the molecule is O=C(CBr)NC(F)(F)F. The predicted octanol–water partition coefficient (Wildman–Crippen LogP) is 1.02.